The van der Waals surface area contributed by atoms with E-state index in [0.29, 0.717) is 6.61 Å². The zero-order valence-electron chi connectivity index (χ0n) is 12.1. The summed E-state index contributed by atoms with van der Waals surface area (Å²) >= 11 is 0. The smallest absolute Gasteiger partial charge is 0.137 e. The summed E-state index contributed by atoms with van der Waals surface area (Å²) in [5.41, 5.74) is 1.12. The molecule has 19 heavy (non-hydrogen) atoms. The Labute approximate surface area is 116 Å². The quantitative estimate of drug-likeness (QED) is 0.833. The molecule has 1 aliphatic rings. The minimum atomic E-state index is -0.372. The third-order valence-corrected chi connectivity index (χ3v) is 4.03. The number of benzene rings is 1. The molecule has 0 unspecified atom stereocenters. The zero-order chi connectivity index (χ0) is 13.7. The lowest BCUT2D eigenvalue weighted by Gasteiger charge is -2.28. The van der Waals surface area contributed by atoms with Crippen LogP contribution >= 0.6 is 0 Å². The number of ether oxygens (including phenoxy) is 1. The van der Waals surface area contributed by atoms with Crippen LogP contribution < -0.4 is 9.64 Å². The van der Waals surface area contributed by atoms with Crippen LogP contribution in [-0.2, 0) is 0 Å². The van der Waals surface area contributed by atoms with Gasteiger partial charge in [-0.2, -0.15) is 0 Å². The van der Waals surface area contributed by atoms with E-state index in [4.69, 9.17) is 4.74 Å². The van der Waals surface area contributed by atoms with Crippen molar-refractivity contribution < 1.29 is 14.7 Å². The van der Waals surface area contributed by atoms with Crippen LogP contribution in [0.2, 0.25) is 0 Å². The first-order valence-electron chi connectivity index (χ1n) is 7.35. The van der Waals surface area contributed by atoms with E-state index in [9.17, 15) is 5.11 Å². The van der Waals surface area contributed by atoms with Crippen LogP contribution in [0.15, 0.2) is 24.3 Å². The number of hydrogen-bond acceptors (Lipinski definition) is 2. The predicted octanol–water partition coefficient (Wildman–Crippen LogP) is 1.05. The van der Waals surface area contributed by atoms with Crippen LogP contribution in [0.4, 0.5) is 0 Å². The standard InChI is InChI=1S/C16H25NO2/c1-13-7-9-17(10-8-13)11-15(18)12-19-16-6-4-3-5-14(16)2/h3-6,13,15,18H,7-12H2,1-2H3/p+1/t15-/m0/s1. The van der Waals surface area contributed by atoms with Gasteiger partial charge in [0.25, 0.3) is 0 Å². The van der Waals surface area contributed by atoms with E-state index in [1.165, 1.54) is 30.8 Å². The van der Waals surface area contributed by atoms with Crippen molar-refractivity contribution >= 4 is 0 Å². The van der Waals surface area contributed by atoms with Gasteiger partial charge in [0.15, 0.2) is 0 Å². The van der Waals surface area contributed by atoms with Crippen LogP contribution in [-0.4, -0.2) is 37.5 Å². The van der Waals surface area contributed by atoms with Crippen molar-refractivity contribution in [1.29, 1.82) is 0 Å². The molecule has 1 aliphatic heterocycles. The lowest BCUT2D eigenvalue weighted by atomic mass is 9.99. The second-order valence-electron chi connectivity index (χ2n) is 5.87. The van der Waals surface area contributed by atoms with Crippen LogP contribution in [0.5, 0.6) is 5.75 Å². The highest BCUT2D eigenvalue weighted by atomic mass is 16.5. The number of rotatable bonds is 5. The van der Waals surface area contributed by atoms with Gasteiger partial charge in [0, 0.05) is 0 Å². The molecule has 1 heterocycles. The molecule has 0 aliphatic carbocycles. The topological polar surface area (TPSA) is 33.9 Å². The molecule has 1 aromatic carbocycles. The van der Waals surface area contributed by atoms with Gasteiger partial charge in [0.1, 0.15) is 25.0 Å². The van der Waals surface area contributed by atoms with Gasteiger partial charge in [-0.1, -0.05) is 25.1 Å². The Morgan fingerprint density at radius 3 is 2.68 bits per heavy atom. The monoisotopic (exact) mass is 264 g/mol. The van der Waals surface area contributed by atoms with Gasteiger partial charge >= 0.3 is 0 Å². The molecule has 0 radical (unpaired) electrons. The fraction of sp³-hybridized carbons (Fsp3) is 0.625. The molecule has 1 fully saturated rings. The van der Waals surface area contributed by atoms with Gasteiger partial charge in [-0.05, 0) is 37.3 Å². The van der Waals surface area contributed by atoms with E-state index in [-0.39, 0.29) is 6.10 Å². The molecule has 2 rings (SSSR count). The van der Waals surface area contributed by atoms with Crippen molar-refractivity contribution in [3.05, 3.63) is 29.8 Å². The summed E-state index contributed by atoms with van der Waals surface area (Å²) in [5.74, 6) is 1.73. The number of hydrogen-bond donors (Lipinski definition) is 2. The van der Waals surface area contributed by atoms with Crippen molar-refractivity contribution in [2.24, 2.45) is 5.92 Å². The van der Waals surface area contributed by atoms with Crippen molar-refractivity contribution in [3.8, 4) is 5.75 Å². The Morgan fingerprint density at radius 1 is 1.32 bits per heavy atom. The van der Waals surface area contributed by atoms with E-state index in [2.05, 4.69) is 6.92 Å². The Bertz CT molecular complexity index is 386. The molecule has 106 valence electrons. The molecule has 2 N–H and O–H groups in total. The van der Waals surface area contributed by atoms with E-state index >= 15 is 0 Å². The average molecular weight is 264 g/mol. The summed E-state index contributed by atoms with van der Waals surface area (Å²) in [5, 5.41) is 10.1. The highest BCUT2D eigenvalue weighted by molar-refractivity contribution is 5.31. The molecule has 0 aromatic heterocycles. The highest BCUT2D eigenvalue weighted by Crippen LogP contribution is 2.16. The highest BCUT2D eigenvalue weighted by Gasteiger charge is 2.21. The first-order valence-corrected chi connectivity index (χ1v) is 7.35. The number of piperidine rings is 1. The Kier molecular flexibility index (Phi) is 5.23. The van der Waals surface area contributed by atoms with E-state index < -0.39 is 0 Å². The maximum Gasteiger partial charge on any atom is 0.137 e. The van der Waals surface area contributed by atoms with Gasteiger partial charge < -0.3 is 14.7 Å². The summed E-state index contributed by atoms with van der Waals surface area (Å²) in [6.07, 6.45) is 2.18. The van der Waals surface area contributed by atoms with Crippen LogP contribution in [0.1, 0.15) is 25.3 Å². The summed E-state index contributed by atoms with van der Waals surface area (Å²) in [6.45, 7) is 7.90. The fourth-order valence-corrected chi connectivity index (χ4v) is 2.67. The number of aryl methyl sites for hydroxylation is 1. The summed E-state index contributed by atoms with van der Waals surface area (Å²) < 4.78 is 5.70. The number of nitrogens with one attached hydrogen (secondary N) is 1. The predicted molar refractivity (Wildman–Crippen MR) is 76.6 cm³/mol. The maximum absolute atomic E-state index is 10.1. The second-order valence-corrected chi connectivity index (χ2v) is 5.87. The normalized spacial score (nSPS) is 25.0. The third-order valence-electron chi connectivity index (χ3n) is 4.03. The number of para-hydroxylation sites is 1. The fourth-order valence-electron chi connectivity index (χ4n) is 2.67. The molecule has 1 atom stereocenters. The molecule has 3 heteroatoms. The van der Waals surface area contributed by atoms with Gasteiger partial charge in [-0.15, -0.1) is 0 Å². The minimum Gasteiger partial charge on any atom is -0.490 e. The number of aliphatic hydroxyl groups excluding tert-OH is 1. The van der Waals surface area contributed by atoms with Crippen LogP contribution in [0.25, 0.3) is 0 Å². The van der Waals surface area contributed by atoms with E-state index in [0.717, 1.165) is 23.8 Å². The molecule has 0 bridgehead atoms. The third kappa shape index (κ3) is 4.51. The molecule has 0 spiro atoms. The second kappa shape index (κ2) is 6.92. The van der Waals surface area contributed by atoms with Gasteiger partial charge in [0.05, 0.1) is 13.1 Å². The zero-order valence-corrected chi connectivity index (χ0v) is 12.1. The van der Waals surface area contributed by atoms with Crippen molar-refractivity contribution in [3.63, 3.8) is 0 Å². The first kappa shape index (κ1) is 14.4. The van der Waals surface area contributed by atoms with Crippen molar-refractivity contribution in [1.82, 2.24) is 0 Å². The number of aliphatic hydroxyl groups is 1. The molecular formula is C16H26NO2+. The minimum absolute atomic E-state index is 0.372. The average Bonchev–Trinajstić information content (AvgIpc) is 2.40. The van der Waals surface area contributed by atoms with Gasteiger partial charge in [-0.25, -0.2) is 0 Å². The lowest BCUT2D eigenvalue weighted by molar-refractivity contribution is -0.909. The molecule has 1 saturated heterocycles. The van der Waals surface area contributed by atoms with Gasteiger partial charge in [0.2, 0.25) is 0 Å². The number of likely N-dealkylation sites (tertiary alicyclic amines) is 1. The molecular weight excluding hydrogens is 238 g/mol. The molecule has 3 nitrogen and oxygen atoms in total. The summed E-state index contributed by atoms with van der Waals surface area (Å²) in [7, 11) is 0. The first-order chi connectivity index (χ1) is 9.15. The molecule has 1 aromatic rings. The van der Waals surface area contributed by atoms with Crippen molar-refractivity contribution in [2.75, 3.05) is 26.2 Å². The summed E-state index contributed by atoms with van der Waals surface area (Å²) in [4.78, 5) is 1.51. The number of quaternary nitrogens is 1. The Balaban J connectivity index is 1.73. The summed E-state index contributed by atoms with van der Waals surface area (Å²) in [6, 6.07) is 7.94. The lowest BCUT2D eigenvalue weighted by Crippen LogP contribution is -3.14. The largest absolute Gasteiger partial charge is 0.490 e. The molecule has 0 amide bonds. The van der Waals surface area contributed by atoms with Gasteiger partial charge in [-0.3, -0.25) is 0 Å². The Morgan fingerprint density at radius 2 is 2.00 bits per heavy atom. The van der Waals surface area contributed by atoms with Crippen LogP contribution in [0, 0.1) is 12.8 Å². The van der Waals surface area contributed by atoms with Crippen LogP contribution in [0.3, 0.4) is 0 Å². The maximum atomic E-state index is 10.1. The SMILES string of the molecule is Cc1ccccc1OC[C@@H](O)C[NH+]1CCC(C)CC1. The Hall–Kier alpha value is -1.06. The molecule has 0 saturated carbocycles. The van der Waals surface area contributed by atoms with E-state index in [1.54, 1.807) is 0 Å². The van der Waals surface area contributed by atoms with E-state index in [1.807, 2.05) is 31.2 Å². The van der Waals surface area contributed by atoms with Crippen molar-refractivity contribution in [2.45, 2.75) is 32.8 Å².